The van der Waals surface area contributed by atoms with E-state index in [2.05, 4.69) is 4.98 Å². The van der Waals surface area contributed by atoms with Gasteiger partial charge in [0.15, 0.2) is 5.69 Å². The molecule has 0 aliphatic carbocycles. The first kappa shape index (κ1) is 13.5. The molecule has 0 atom stereocenters. The lowest BCUT2D eigenvalue weighted by atomic mass is 10.2. The summed E-state index contributed by atoms with van der Waals surface area (Å²) in [6.45, 7) is 4.03. The lowest BCUT2D eigenvalue weighted by Crippen LogP contribution is -2.12. The van der Waals surface area contributed by atoms with Crippen molar-refractivity contribution in [3.63, 3.8) is 0 Å². The molecule has 1 aromatic heterocycles. The molecule has 0 N–H and O–H groups in total. The number of rotatable bonds is 2. The molecule has 0 fully saturated rings. The average Bonchev–Trinajstić information content (AvgIpc) is 2.76. The van der Waals surface area contributed by atoms with Crippen molar-refractivity contribution in [1.82, 2.24) is 9.55 Å². The van der Waals surface area contributed by atoms with Crippen LogP contribution in [0.15, 0.2) is 23.1 Å². The average molecular weight is 309 g/mol. The highest BCUT2D eigenvalue weighted by molar-refractivity contribution is 7.98. The van der Waals surface area contributed by atoms with Crippen molar-refractivity contribution in [2.75, 3.05) is 6.61 Å². The second-order valence-electron chi connectivity index (χ2n) is 4.41. The number of carbonyl (C=O) groups is 1. The molecule has 0 unspecified atom stereocenters. The van der Waals surface area contributed by atoms with Gasteiger partial charge in [0, 0.05) is 15.7 Å². The monoisotopic (exact) mass is 308 g/mol. The third-order valence-electron chi connectivity index (χ3n) is 3.14. The molecule has 2 aromatic rings. The van der Waals surface area contributed by atoms with Gasteiger partial charge in [-0.1, -0.05) is 11.6 Å². The number of imidazole rings is 1. The molecule has 0 saturated carbocycles. The number of benzene rings is 1. The molecule has 1 aromatic carbocycles. The normalized spacial score (nSPS) is 12.8. The Morgan fingerprint density at radius 1 is 1.55 bits per heavy atom. The first-order chi connectivity index (χ1) is 9.61. The molecular weight excluding hydrogens is 296 g/mol. The zero-order valence-electron chi connectivity index (χ0n) is 11.1. The zero-order valence-corrected chi connectivity index (χ0v) is 12.7. The van der Waals surface area contributed by atoms with Gasteiger partial charge in [0.2, 0.25) is 0 Å². The van der Waals surface area contributed by atoms with Crippen molar-refractivity contribution < 1.29 is 9.53 Å². The maximum atomic E-state index is 12.0. The van der Waals surface area contributed by atoms with Crippen LogP contribution >= 0.6 is 23.4 Å². The SMILES string of the molecule is CCOC(=O)c1nc(C)n2c1CSc1cc(Cl)ccc1-2. The lowest BCUT2D eigenvalue weighted by Gasteiger charge is -2.20. The van der Waals surface area contributed by atoms with E-state index in [1.807, 2.05) is 29.7 Å². The number of hydrogen-bond donors (Lipinski definition) is 0. The zero-order chi connectivity index (χ0) is 14.3. The number of nitrogens with zero attached hydrogens (tertiary/aromatic N) is 2. The van der Waals surface area contributed by atoms with E-state index < -0.39 is 0 Å². The predicted molar refractivity (Wildman–Crippen MR) is 78.8 cm³/mol. The van der Waals surface area contributed by atoms with Crippen LogP contribution in [0, 0.1) is 6.92 Å². The number of aryl methyl sites for hydroxylation is 1. The van der Waals surface area contributed by atoms with E-state index in [-0.39, 0.29) is 5.97 Å². The molecule has 0 amide bonds. The van der Waals surface area contributed by atoms with E-state index in [9.17, 15) is 4.79 Å². The fraction of sp³-hybridized carbons (Fsp3) is 0.286. The summed E-state index contributed by atoms with van der Waals surface area (Å²) < 4.78 is 7.08. The Hall–Kier alpha value is -1.46. The van der Waals surface area contributed by atoms with E-state index in [1.54, 1.807) is 18.7 Å². The Balaban J connectivity index is 2.14. The molecule has 1 aliphatic heterocycles. The maximum absolute atomic E-state index is 12.0. The van der Waals surface area contributed by atoms with Gasteiger partial charge in [-0.2, -0.15) is 0 Å². The summed E-state index contributed by atoms with van der Waals surface area (Å²) in [5, 5.41) is 0.711. The number of ether oxygens (including phenoxy) is 1. The molecule has 6 heteroatoms. The summed E-state index contributed by atoms with van der Waals surface area (Å²) in [5.74, 6) is 1.11. The van der Waals surface area contributed by atoms with E-state index in [4.69, 9.17) is 16.3 Å². The van der Waals surface area contributed by atoms with Crippen molar-refractivity contribution in [3.05, 3.63) is 40.4 Å². The number of halogens is 1. The van der Waals surface area contributed by atoms with Crippen LogP contribution < -0.4 is 0 Å². The molecule has 1 aliphatic rings. The molecule has 20 heavy (non-hydrogen) atoms. The molecule has 0 radical (unpaired) electrons. The highest BCUT2D eigenvalue weighted by Crippen LogP contribution is 2.38. The summed E-state index contributed by atoms with van der Waals surface area (Å²) in [6, 6.07) is 5.74. The Kier molecular flexibility index (Phi) is 3.48. The van der Waals surface area contributed by atoms with Crippen molar-refractivity contribution in [3.8, 4) is 5.69 Å². The van der Waals surface area contributed by atoms with Crippen LogP contribution in [0.1, 0.15) is 28.9 Å². The summed E-state index contributed by atoms with van der Waals surface area (Å²) in [5.41, 5.74) is 2.32. The minimum Gasteiger partial charge on any atom is -0.461 e. The van der Waals surface area contributed by atoms with Crippen LogP contribution in [0.3, 0.4) is 0 Å². The van der Waals surface area contributed by atoms with Gasteiger partial charge in [0.05, 0.1) is 18.0 Å². The van der Waals surface area contributed by atoms with Crippen LogP contribution in [0.4, 0.5) is 0 Å². The molecule has 0 bridgehead atoms. The highest BCUT2D eigenvalue weighted by Gasteiger charge is 2.27. The summed E-state index contributed by atoms with van der Waals surface area (Å²) >= 11 is 7.68. The lowest BCUT2D eigenvalue weighted by molar-refractivity contribution is 0.0519. The van der Waals surface area contributed by atoms with Gasteiger partial charge in [-0.3, -0.25) is 4.57 Å². The minimum absolute atomic E-state index is 0.351. The second kappa shape index (κ2) is 5.14. The van der Waals surface area contributed by atoms with Gasteiger partial charge in [-0.25, -0.2) is 9.78 Å². The second-order valence-corrected chi connectivity index (χ2v) is 5.86. The predicted octanol–water partition coefficient (Wildman–Crippen LogP) is 3.62. The van der Waals surface area contributed by atoms with E-state index in [0.717, 1.165) is 22.1 Å². The Labute approximate surface area is 126 Å². The fourth-order valence-electron chi connectivity index (χ4n) is 2.33. The molecule has 104 valence electrons. The van der Waals surface area contributed by atoms with Gasteiger partial charge in [0.25, 0.3) is 0 Å². The van der Waals surface area contributed by atoms with E-state index >= 15 is 0 Å². The number of thioether (sulfide) groups is 1. The Morgan fingerprint density at radius 2 is 2.35 bits per heavy atom. The molecule has 4 nitrogen and oxygen atoms in total. The van der Waals surface area contributed by atoms with E-state index in [0.29, 0.717) is 23.1 Å². The number of hydrogen-bond acceptors (Lipinski definition) is 4. The number of carbonyl (C=O) groups excluding carboxylic acids is 1. The number of fused-ring (bicyclic) bond motifs is 3. The quantitative estimate of drug-likeness (QED) is 0.795. The third kappa shape index (κ3) is 2.11. The van der Waals surface area contributed by atoms with Gasteiger partial charge in [0.1, 0.15) is 5.82 Å². The Morgan fingerprint density at radius 3 is 3.10 bits per heavy atom. The van der Waals surface area contributed by atoms with Crippen LogP contribution in [0.5, 0.6) is 0 Å². The molecule has 0 saturated heterocycles. The maximum Gasteiger partial charge on any atom is 0.358 e. The largest absolute Gasteiger partial charge is 0.461 e. The van der Waals surface area contributed by atoms with Crippen LogP contribution in [0.25, 0.3) is 5.69 Å². The fourth-order valence-corrected chi connectivity index (χ4v) is 3.64. The first-order valence-electron chi connectivity index (χ1n) is 6.30. The number of aromatic nitrogens is 2. The molecule has 3 rings (SSSR count). The summed E-state index contributed by atoms with van der Waals surface area (Å²) in [7, 11) is 0. The molecular formula is C14H13ClN2O2S. The van der Waals surface area contributed by atoms with Crippen LogP contribution in [0.2, 0.25) is 5.02 Å². The number of esters is 1. The van der Waals surface area contributed by atoms with Crippen molar-refractivity contribution in [2.24, 2.45) is 0 Å². The topological polar surface area (TPSA) is 44.1 Å². The first-order valence-corrected chi connectivity index (χ1v) is 7.66. The highest BCUT2D eigenvalue weighted by atomic mass is 35.5. The van der Waals surface area contributed by atoms with Crippen molar-refractivity contribution in [2.45, 2.75) is 24.5 Å². The van der Waals surface area contributed by atoms with E-state index in [1.165, 1.54) is 0 Å². The van der Waals surface area contributed by atoms with Gasteiger partial charge in [-0.15, -0.1) is 11.8 Å². The van der Waals surface area contributed by atoms with Gasteiger partial charge >= 0.3 is 5.97 Å². The van der Waals surface area contributed by atoms with Crippen molar-refractivity contribution >= 4 is 29.3 Å². The standard InChI is InChI=1S/C14H13ClN2O2S/c1-3-19-14(18)13-11-7-20-12-6-9(15)4-5-10(12)17(11)8(2)16-13/h4-6H,3,7H2,1-2H3. The minimum atomic E-state index is -0.359. The summed E-state index contributed by atoms with van der Waals surface area (Å²) in [4.78, 5) is 17.4. The van der Waals surface area contributed by atoms with Gasteiger partial charge in [-0.05, 0) is 32.0 Å². The third-order valence-corrected chi connectivity index (χ3v) is 4.43. The molecule has 2 heterocycles. The van der Waals surface area contributed by atoms with Crippen LogP contribution in [-0.2, 0) is 10.5 Å². The Bertz CT molecular complexity index is 697. The molecule has 0 spiro atoms. The van der Waals surface area contributed by atoms with Crippen LogP contribution in [-0.4, -0.2) is 22.1 Å². The van der Waals surface area contributed by atoms with Gasteiger partial charge < -0.3 is 4.74 Å². The smallest absolute Gasteiger partial charge is 0.358 e. The summed E-state index contributed by atoms with van der Waals surface area (Å²) in [6.07, 6.45) is 0. The van der Waals surface area contributed by atoms with Crippen molar-refractivity contribution in [1.29, 1.82) is 0 Å².